The summed E-state index contributed by atoms with van der Waals surface area (Å²) in [4.78, 5) is 0. The molecule has 84 heavy (non-hydrogen) atoms. The Hall–Kier alpha value is -11.1. The standard InChI is InChI=1S/C77H49N5O2/c1-43-41-44(2)46(4)68(45(43)3)73-76(81-60-33-17-9-25-51(60)69-62(81)37-39-66-71(69)53-27-11-19-35-64(53)83-66)74(79-56-29-13-5-21-47(56)48-22-6-14-30-57(48)79)55(42-78)75(80-58-31-15-7-23-49(58)50-24-8-16-32-59(50)80)77(73)82-61-34-18-10-26-52(61)70-63(82)38-40-67-72(70)54-28-12-20-36-65(54)84-67/h5-41H,1-4H3. The topological polar surface area (TPSA) is 69.8 Å². The van der Waals surface area contributed by atoms with E-state index >= 15 is 0 Å². The number of fused-ring (bicyclic) bond motifs is 20. The SMILES string of the molecule is Cc1cc(C)c(C)c(-c2c(-n3c4ccccc4c4c5c(ccc43)oc3ccccc35)c(-n3c4ccccc4c4ccccc43)c(C#N)c(-n3c4ccccc4c4ccccc43)c2-n2c3ccccc3c3c4c(ccc32)oc2ccccc24)c1C. The average molecular weight is 1080 g/mol. The minimum absolute atomic E-state index is 0.517. The molecule has 0 aliphatic carbocycles. The van der Waals surface area contributed by atoms with Gasteiger partial charge in [0.1, 0.15) is 34.0 Å². The van der Waals surface area contributed by atoms with Crippen molar-refractivity contribution in [2.24, 2.45) is 0 Å². The minimum Gasteiger partial charge on any atom is -0.456 e. The molecule has 18 aromatic rings. The normalized spacial score (nSPS) is 12.3. The van der Waals surface area contributed by atoms with Crippen LogP contribution in [0, 0.1) is 39.0 Å². The summed E-state index contributed by atoms with van der Waals surface area (Å²) in [6.07, 6.45) is 0. The summed E-state index contributed by atoms with van der Waals surface area (Å²) >= 11 is 0. The maximum atomic E-state index is 13.2. The maximum absolute atomic E-state index is 13.2. The van der Waals surface area contributed by atoms with Gasteiger partial charge in [-0.3, -0.25) is 0 Å². The van der Waals surface area contributed by atoms with E-state index in [4.69, 9.17) is 8.83 Å². The van der Waals surface area contributed by atoms with E-state index in [9.17, 15) is 5.26 Å². The molecule has 0 aliphatic rings. The van der Waals surface area contributed by atoms with Crippen molar-refractivity contribution in [3.05, 3.63) is 252 Å². The molecule has 12 aromatic carbocycles. The van der Waals surface area contributed by atoms with E-state index in [-0.39, 0.29) is 0 Å². The van der Waals surface area contributed by atoms with Gasteiger partial charge in [-0.15, -0.1) is 0 Å². The van der Waals surface area contributed by atoms with Crippen LogP contribution in [0.2, 0.25) is 0 Å². The van der Waals surface area contributed by atoms with Gasteiger partial charge in [-0.1, -0.05) is 152 Å². The maximum Gasteiger partial charge on any atom is 0.136 e. The van der Waals surface area contributed by atoms with Crippen molar-refractivity contribution >= 4 is 131 Å². The first-order valence-electron chi connectivity index (χ1n) is 28.7. The molecule has 394 valence electrons. The number of nitrogens with zero attached hydrogens (tertiary/aromatic N) is 5. The van der Waals surface area contributed by atoms with E-state index in [2.05, 4.69) is 264 Å². The van der Waals surface area contributed by atoms with Gasteiger partial charge >= 0.3 is 0 Å². The van der Waals surface area contributed by atoms with Gasteiger partial charge in [0.15, 0.2) is 0 Å². The van der Waals surface area contributed by atoms with Crippen LogP contribution >= 0.6 is 0 Å². The Balaban J connectivity index is 1.21. The Morgan fingerprint density at radius 2 is 0.595 bits per heavy atom. The van der Waals surface area contributed by atoms with E-state index in [1.807, 2.05) is 12.1 Å². The Kier molecular flexibility index (Phi) is 9.44. The Bertz CT molecular complexity index is 5540. The summed E-state index contributed by atoms with van der Waals surface area (Å²) in [7, 11) is 0. The van der Waals surface area contributed by atoms with Crippen molar-refractivity contribution in [3.63, 3.8) is 0 Å². The van der Waals surface area contributed by atoms with Gasteiger partial charge in [0, 0.05) is 70.2 Å². The van der Waals surface area contributed by atoms with Crippen LogP contribution in [0.15, 0.2) is 233 Å². The summed E-state index contributed by atoms with van der Waals surface area (Å²) in [5, 5.41) is 26.1. The van der Waals surface area contributed by atoms with Crippen LogP contribution in [0.5, 0.6) is 0 Å². The fraction of sp³-hybridized carbons (Fsp3) is 0.0519. The van der Waals surface area contributed by atoms with Crippen molar-refractivity contribution in [3.8, 4) is 39.9 Å². The largest absolute Gasteiger partial charge is 0.456 e. The summed E-state index contributed by atoms with van der Waals surface area (Å²) in [5.74, 6) is 0. The molecule has 0 fully saturated rings. The molecule has 18 rings (SSSR count). The quantitative estimate of drug-likeness (QED) is 0.172. The second-order valence-corrected chi connectivity index (χ2v) is 22.7. The summed E-state index contributed by atoms with van der Waals surface area (Å²) in [6.45, 7) is 9.09. The second-order valence-electron chi connectivity index (χ2n) is 22.7. The Morgan fingerprint density at radius 3 is 0.964 bits per heavy atom. The van der Waals surface area contributed by atoms with Gasteiger partial charge < -0.3 is 27.1 Å². The van der Waals surface area contributed by atoms with Gasteiger partial charge in [-0.05, 0) is 128 Å². The molecule has 0 aliphatic heterocycles. The van der Waals surface area contributed by atoms with Crippen LogP contribution in [-0.2, 0) is 0 Å². The summed E-state index contributed by atoms with van der Waals surface area (Å²) in [5.41, 5.74) is 21.8. The predicted octanol–water partition coefficient (Wildman–Crippen LogP) is 20.6. The van der Waals surface area contributed by atoms with E-state index < -0.39 is 0 Å². The smallest absolute Gasteiger partial charge is 0.136 e. The average Bonchev–Trinajstić information content (AvgIpc) is 1.45. The van der Waals surface area contributed by atoms with Gasteiger partial charge in [0.25, 0.3) is 0 Å². The summed E-state index contributed by atoms with van der Waals surface area (Å²) < 4.78 is 23.3. The molecule has 0 unspecified atom stereocenters. The predicted molar refractivity (Wildman–Crippen MR) is 347 cm³/mol. The molecular weight excluding hydrogens is 1030 g/mol. The molecule has 7 heteroatoms. The zero-order valence-electron chi connectivity index (χ0n) is 46.4. The fourth-order valence-electron chi connectivity index (χ4n) is 14.9. The van der Waals surface area contributed by atoms with E-state index in [0.717, 1.165) is 176 Å². The molecule has 6 heterocycles. The highest BCUT2D eigenvalue weighted by Gasteiger charge is 2.37. The van der Waals surface area contributed by atoms with E-state index in [0.29, 0.717) is 5.56 Å². The van der Waals surface area contributed by atoms with Crippen LogP contribution in [-0.4, -0.2) is 18.3 Å². The number of hydrogen-bond acceptors (Lipinski definition) is 3. The molecular formula is C77H49N5O2. The highest BCUT2D eigenvalue weighted by Crippen LogP contribution is 2.55. The summed E-state index contributed by atoms with van der Waals surface area (Å²) in [6, 6.07) is 83.5. The van der Waals surface area contributed by atoms with E-state index in [1.54, 1.807) is 0 Å². The number of rotatable bonds is 5. The molecule has 7 nitrogen and oxygen atoms in total. The van der Waals surface area contributed by atoms with Crippen molar-refractivity contribution in [1.82, 2.24) is 18.3 Å². The van der Waals surface area contributed by atoms with Gasteiger partial charge in [0.05, 0.1) is 66.9 Å². The molecule has 0 atom stereocenters. The third-order valence-electron chi connectivity index (χ3n) is 18.5. The van der Waals surface area contributed by atoms with Gasteiger partial charge in [-0.2, -0.15) is 5.26 Å². The third-order valence-corrected chi connectivity index (χ3v) is 18.5. The molecule has 0 bridgehead atoms. The van der Waals surface area contributed by atoms with Crippen LogP contribution < -0.4 is 0 Å². The number of nitriles is 1. The lowest BCUT2D eigenvalue weighted by Crippen LogP contribution is -2.17. The highest BCUT2D eigenvalue weighted by molar-refractivity contribution is 6.30. The number of benzene rings is 12. The molecule has 0 radical (unpaired) electrons. The number of furan rings is 2. The van der Waals surface area contributed by atoms with Crippen LogP contribution in [0.25, 0.3) is 165 Å². The van der Waals surface area contributed by atoms with Crippen LogP contribution in [0.1, 0.15) is 27.8 Å². The monoisotopic (exact) mass is 1080 g/mol. The molecule has 0 amide bonds. The molecule has 0 saturated heterocycles. The number of hydrogen-bond donors (Lipinski definition) is 0. The number of aromatic nitrogens is 4. The Labute approximate surface area is 480 Å². The second kappa shape index (κ2) is 17.0. The molecule has 0 saturated carbocycles. The first-order valence-corrected chi connectivity index (χ1v) is 28.7. The first-order chi connectivity index (χ1) is 41.4. The fourth-order valence-corrected chi connectivity index (χ4v) is 14.9. The molecule has 0 spiro atoms. The van der Waals surface area contributed by atoms with Crippen LogP contribution in [0.4, 0.5) is 0 Å². The highest BCUT2D eigenvalue weighted by atomic mass is 16.3. The van der Waals surface area contributed by atoms with Gasteiger partial charge in [0.2, 0.25) is 0 Å². The number of para-hydroxylation sites is 8. The van der Waals surface area contributed by atoms with Gasteiger partial charge in [-0.25, -0.2) is 0 Å². The minimum atomic E-state index is 0.517. The first kappa shape index (κ1) is 46.7. The molecule has 0 N–H and O–H groups in total. The van der Waals surface area contributed by atoms with Crippen LogP contribution in [0.3, 0.4) is 0 Å². The zero-order valence-corrected chi connectivity index (χ0v) is 46.4. The lowest BCUT2D eigenvalue weighted by atomic mass is 9.85. The van der Waals surface area contributed by atoms with Crippen molar-refractivity contribution in [2.75, 3.05) is 0 Å². The lowest BCUT2D eigenvalue weighted by Gasteiger charge is -2.31. The lowest BCUT2D eigenvalue weighted by molar-refractivity contribution is 0.669. The van der Waals surface area contributed by atoms with E-state index in [1.165, 1.54) is 11.1 Å². The third kappa shape index (κ3) is 5.98. The Morgan fingerprint density at radius 1 is 0.286 bits per heavy atom. The zero-order chi connectivity index (χ0) is 55.8. The van der Waals surface area contributed by atoms with Crippen molar-refractivity contribution < 1.29 is 8.83 Å². The number of aryl methyl sites for hydroxylation is 2. The molecule has 6 aromatic heterocycles. The van der Waals surface area contributed by atoms with Crippen molar-refractivity contribution in [2.45, 2.75) is 27.7 Å². The van der Waals surface area contributed by atoms with Crippen molar-refractivity contribution in [1.29, 1.82) is 5.26 Å².